The van der Waals surface area contributed by atoms with Crippen LogP contribution in [0.5, 0.6) is 5.75 Å². The monoisotopic (exact) mass is 436 g/mol. The molecule has 1 N–H and O–H groups in total. The van der Waals surface area contributed by atoms with Crippen molar-refractivity contribution >= 4 is 21.4 Å². The highest BCUT2D eigenvalue weighted by Crippen LogP contribution is 2.27. The molecule has 1 amide bonds. The molecule has 10 heteroatoms. The Bertz CT molecular complexity index is 1160. The highest BCUT2D eigenvalue weighted by Gasteiger charge is 2.29. The lowest BCUT2D eigenvalue weighted by Crippen LogP contribution is -2.17. The summed E-state index contributed by atoms with van der Waals surface area (Å²) in [6.07, 6.45) is 0. The third-order valence-corrected chi connectivity index (χ3v) is 5.78. The summed E-state index contributed by atoms with van der Waals surface area (Å²) in [6, 6.07) is 11.2. The Kier molecular flexibility index (Phi) is 6.16. The van der Waals surface area contributed by atoms with Crippen LogP contribution < -0.4 is 10.1 Å². The summed E-state index contributed by atoms with van der Waals surface area (Å²) in [6.45, 7) is 3.72. The SMILES string of the molecule is Cc1noc(C)c1COc1cccc(C(=O)Nc2ccccc2S(=O)(=O)C(F)F)c1. The number of halogens is 2. The van der Waals surface area contributed by atoms with E-state index in [2.05, 4.69) is 10.5 Å². The maximum absolute atomic E-state index is 12.9. The Morgan fingerprint density at radius 2 is 1.90 bits per heavy atom. The van der Waals surface area contributed by atoms with Crippen molar-refractivity contribution in [2.24, 2.45) is 0 Å². The van der Waals surface area contributed by atoms with Crippen molar-refractivity contribution < 1.29 is 31.3 Å². The normalized spacial score (nSPS) is 11.5. The van der Waals surface area contributed by atoms with Crippen LogP contribution in [0, 0.1) is 13.8 Å². The smallest absolute Gasteiger partial charge is 0.341 e. The van der Waals surface area contributed by atoms with Crippen LogP contribution in [0.15, 0.2) is 57.9 Å². The van der Waals surface area contributed by atoms with Gasteiger partial charge in [-0.05, 0) is 44.2 Å². The van der Waals surface area contributed by atoms with Gasteiger partial charge in [0, 0.05) is 5.56 Å². The lowest BCUT2D eigenvalue weighted by atomic mass is 10.2. The van der Waals surface area contributed by atoms with Crippen LogP contribution in [0.2, 0.25) is 0 Å². The molecule has 0 atom stereocenters. The first-order chi connectivity index (χ1) is 14.2. The van der Waals surface area contributed by atoms with Crippen LogP contribution in [0.1, 0.15) is 27.4 Å². The summed E-state index contributed by atoms with van der Waals surface area (Å²) < 4.78 is 60.3. The van der Waals surface area contributed by atoms with Crippen LogP contribution in [0.3, 0.4) is 0 Å². The molecule has 0 aliphatic rings. The molecule has 0 saturated heterocycles. The molecular formula is C20H18F2N2O5S. The number of hydrogen-bond donors (Lipinski definition) is 1. The van der Waals surface area contributed by atoms with Crippen molar-refractivity contribution in [2.75, 3.05) is 5.32 Å². The zero-order valence-corrected chi connectivity index (χ0v) is 16.9. The van der Waals surface area contributed by atoms with Crippen molar-refractivity contribution in [3.63, 3.8) is 0 Å². The van der Waals surface area contributed by atoms with Crippen LogP contribution in [-0.2, 0) is 16.4 Å². The van der Waals surface area contributed by atoms with Gasteiger partial charge in [-0.25, -0.2) is 8.42 Å². The zero-order valence-electron chi connectivity index (χ0n) is 16.1. The number of nitrogens with zero attached hydrogens (tertiary/aromatic N) is 1. The van der Waals surface area contributed by atoms with E-state index in [0.29, 0.717) is 17.2 Å². The number of benzene rings is 2. The fourth-order valence-electron chi connectivity index (χ4n) is 2.70. The number of rotatable bonds is 7. The minimum atomic E-state index is -4.87. The van der Waals surface area contributed by atoms with Crippen molar-refractivity contribution in [3.8, 4) is 5.75 Å². The number of sulfone groups is 1. The van der Waals surface area contributed by atoms with Crippen molar-refractivity contribution in [1.82, 2.24) is 5.16 Å². The second-order valence-corrected chi connectivity index (χ2v) is 8.26. The lowest BCUT2D eigenvalue weighted by molar-refractivity contribution is 0.102. The van der Waals surface area contributed by atoms with E-state index >= 15 is 0 Å². The van der Waals surface area contributed by atoms with Gasteiger partial charge in [-0.2, -0.15) is 8.78 Å². The molecule has 0 fully saturated rings. The molecule has 0 saturated carbocycles. The molecule has 2 aromatic carbocycles. The Morgan fingerprint density at radius 3 is 2.57 bits per heavy atom. The van der Waals surface area contributed by atoms with Gasteiger partial charge in [0.25, 0.3) is 5.91 Å². The number of para-hydroxylation sites is 1. The molecule has 3 rings (SSSR count). The summed E-state index contributed by atoms with van der Waals surface area (Å²) in [5.74, 6) is -3.26. The minimum Gasteiger partial charge on any atom is -0.489 e. The first kappa shape index (κ1) is 21.4. The van der Waals surface area contributed by atoms with Crippen LogP contribution >= 0.6 is 0 Å². The second-order valence-electron chi connectivity index (χ2n) is 6.38. The summed E-state index contributed by atoms with van der Waals surface area (Å²) in [4.78, 5) is 11.9. The van der Waals surface area contributed by atoms with Crippen LogP contribution in [-0.4, -0.2) is 25.2 Å². The maximum atomic E-state index is 12.9. The lowest BCUT2D eigenvalue weighted by Gasteiger charge is -2.12. The molecule has 0 radical (unpaired) electrons. The van der Waals surface area contributed by atoms with E-state index < -0.39 is 26.4 Å². The number of ether oxygens (including phenoxy) is 1. The van der Waals surface area contributed by atoms with E-state index in [9.17, 15) is 22.0 Å². The highest BCUT2D eigenvalue weighted by atomic mass is 32.2. The third-order valence-electron chi connectivity index (χ3n) is 4.34. The van der Waals surface area contributed by atoms with Gasteiger partial charge >= 0.3 is 5.76 Å². The van der Waals surface area contributed by atoms with Gasteiger partial charge in [0.1, 0.15) is 18.1 Å². The molecule has 0 unspecified atom stereocenters. The van der Waals surface area contributed by atoms with E-state index in [0.717, 1.165) is 11.6 Å². The number of alkyl halides is 2. The van der Waals surface area contributed by atoms with E-state index in [1.807, 2.05) is 0 Å². The largest absolute Gasteiger partial charge is 0.489 e. The van der Waals surface area contributed by atoms with Gasteiger partial charge in [-0.15, -0.1) is 0 Å². The van der Waals surface area contributed by atoms with Crippen molar-refractivity contribution in [1.29, 1.82) is 0 Å². The summed E-state index contributed by atoms with van der Waals surface area (Å²) in [7, 11) is -4.87. The number of carbonyl (C=O) groups excluding carboxylic acids is 1. The first-order valence-electron chi connectivity index (χ1n) is 8.77. The molecular weight excluding hydrogens is 418 g/mol. The molecule has 30 heavy (non-hydrogen) atoms. The summed E-state index contributed by atoms with van der Waals surface area (Å²) in [5, 5.41) is 6.21. The Labute approximate surface area is 171 Å². The predicted octanol–water partition coefficient (Wildman–Crippen LogP) is 4.12. The molecule has 0 spiro atoms. The Balaban J connectivity index is 1.78. The molecule has 0 bridgehead atoms. The fourth-order valence-corrected chi connectivity index (χ4v) is 3.58. The summed E-state index contributed by atoms with van der Waals surface area (Å²) in [5.41, 5.74) is 1.41. The zero-order chi connectivity index (χ0) is 21.9. The molecule has 1 heterocycles. The number of amides is 1. The predicted molar refractivity (Wildman–Crippen MR) is 104 cm³/mol. The summed E-state index contributed by atoms with van der Waals surface area (Å²) >= 11 is 0. The standard InChI is InChI=1S/C20H18F2N2O5S/c1-12-16(13(2)29-24-12)11-28-15-7-5-6-14(10-15)19(25)23-17-8-3-4-9-18(17)30(26,27)20(21)22/h3-10,20H,11H2,1-2H3,(H,23,25). The van der Waals surface area contributed by atoms with E-state index in [4.69, 9.17) is 9.26 Å². The molecule has 0 aliphatic carbocycles. The third kappa shape index (κ3) is 4.48. The van der Waals surface area contributed by atoms with Gasteiger partial charge in [-0.3, -0.25) is 4.79 Å². The van der Waals surface area contributed by atoms with Gasteiger partial charge in [-0.1, -0.05) is 23.4 Å². The van der Waals surface area contributed by atoms with Gasteiger partial charge in [0.15, 0.2) is 0 Å². The number of nitrogens with one attached hydrogen (secondary N) is 1. The van der Waals surface area contributed by atoms with E-state index in [1.165, 1.54) is 30.3 Å². The minimum absolute atomic E-state index is 0.163. The number of aromatic nitrogens is 1. The van der Waals surface area contributed by atoms with E-state index in [1.54, 1.807) is 26.0 Å². The Morgan fingerprint density at radius 1 is 1.17 bits per heavy atom. The van der Waals surface area contributed by atoms with Crippen LogP contribution in [0.25, 0.3) is 0 Å². The van der Waals surface area contributed by atoms with E-state index in [-0.39, 0.29) is 17.9 Å². The molecule has 1 aromatic heterocycles. The average molecular weight is 436 g/mol. The maximum Gasteiger partial charge on any atom is 0.341 e. The van der Waals surface area contributed by atoms with Gasteiger partial charge in [0.2, 0.25) is 9.84 Å². The average Bonchev–Trinajstić information content (AvgIpc) is 3.04. The molecule has 7 nitrogen and oxygen atoms in total. The number of anilines is 1. The van der Waals surface area contributed by atoms with Crippen molar-refractivity contribution in [2.45, 2.75) is 31.1 Å². The Hall–Kier alpha value is -3.27. The topological polar surface area (TPSA) is 98.5 Å². The molecule has 0 aliphatic heterocycles. The van der Waals surface area contributed by atoms with Crippen LogP contribution in [0.4, 0.5) is 14.5 Å². The second kappa shape index (κ2) is 8.62. The van der Waals surface area contributed by atoms with Gasteiger partial charge < -0.3 is 14.6 Å². The van der Waals surface area contributed by atoms with Gasteiger partial charge in [0.05, 0.1) is 21.8 Å². The molecule has 3 aromatic rings. The first-order valence-corrected chi connectivity index (χ1v) is 10.3. The highest BCUT2D eigenvalue weighted by molar-refractivity contribution is 7.91. The molecule has 158 valence electrons. The fraction of sp³-hybridized carbons (Fsp3) is 0.200. The number of carbonyl (C=O) groups is 1. The number of aryl methyl sites for hydroxylation is 2. The number of hydrogen-bond acceptors (Lipinski definition) is 6. The van der Waals surface area contributed by atoms with Crippen molar-refractivity contribution in [3.05, 3.63) is 71.1 Å². The quantitative estimate of drug-likeness (QED) is 0.598.